The van der Waals surface area contributed by atoms with Crippen LogP contribution in [0.25, 0.3) is 0 Å². The van der Waals surface area contributed by atoms with Crippen LogP contribution in [0.5, 0.6) is 5.75 Å². The molecule has 23 heavy (non-hydrogen) atoms. The average molecular weight is 318 g/mol. The second-order valence-corrected chi connectivity index (χ2v) is 7.28. The summed E-state index contributed by atoms with van der Waals surface area (Å²) in [6, 6.07) is 4.24. The third kappa shape index (κ3) is 6.93. The van der Waals surface area contributed by atoms with E-state index in [4.69, 9.17) is 4.74 Å². The molecule has 2 heteroatoms. The van der Waals surface area contributed by atoms with Gasteiger partial charge in [-0.2, -0.15) is 0 Å². The molecule has 1 heterocycles. The largest absolute Gasteiger partial charge is 0.492 e. The van der Waals surface area contributed by atoms with Crippen LogP contribution in [0.4, 0.5) is 0 Å². The van der Waals surface area contributed by atoms with Crippen molar-refractivity contribution in [1.29, 1.82) is 0 Å². The van der Waals surface area contributed by atoms with E-state index in [-0.39, 0.29) is 0 Å². The maximum absolute atomic E-state index is 5.98. The van der Waals surface area contributed by atoms with Crippen LogP contribution in [-0.2, 0) is 6.42 Å². The molecule has 1 aromatic heterocycles. The Balaban J connectivity index is 1.64. The lowest BCUT2D eigenvalue weighted by atomic mass is 9.80. The van der Waals surface area contributed by atoms with Crippen molar-refractivity contribution in [3.05, 3.63) is 24.0 Å². The van der Waals surface area contributed by atoms with Crippen LogP contribution in [0.2, 0.25) is 0 Å². The molecule has 2 nitrogen and oxygen atoms in total. The van der Waals surface area contributed by atoms with Gasteiger partial charge in [0.1, 0.15) is 5.75 Å². The molecule has 130 valence electrons. The van der Waals surface area contributed by atoms with Crippen molar-refractivity contribution in [3.63, 3.8) is 0 Å². The van der Waals surface area contributed by atoms with Gasteiger partial charge >= 0.3 is 0 Å². The first-order valence-corrected chi connectivity index (χ1v) is 9.89. The van der Waals surface area contributed by atoms with Crippen molar-refractivity contribution in [2.75, 3.05) is 6.61 Å². The maximum Gasteiger partial charge on any atom is 0.137 e. The Kier molecular flexibility index (Phi) is 8.49. The first-order chi connectivity index (χ1) is 11.3. The number of ether oxygens (including phenoxy) is 1. The van der Waals surface area contributed by atoms with E-state index >= 15 is 0 Å². The number of aromatic nitrogens is 1. The number of aryl methyl sites for hydroxylation is 1. The van der Waals surface area contributed by atoms with E-state index in [9.17, 15) is 0 Å². The Labute approximate surface area is 143 Å². The molecule has 0 bridgehead atoms. The molecule has 0 saturated heterocycles. The minimum absolute atomic E-state index is 0.747. The molecule has 1 fully saturated rings. The van der Waals surface area contributed by atoms with Crippen LogP contribution in [0.15, 0.2) is 18.3 Å². The molecule has 0 radical (unpaired) electrons. The lowest BCUT2D eigenvalue weighted by molar-refractivity contribution is 0.178. The van der Waals surface area contributed by atoms with Crippen molar-refractivity contribution in [1.82, 2.24) is 4.98 Å². The second-order valence-electron chi connectivity index (χ2n) is 7.28. The molecule has 0 N–H and O–H groups in total. The summed E-state index contributed by atoms with van der Waals surface area (Å²) in [7, 11) is 0. The Morgan fingerprint density at radius 3 is 2.39 bits per heavy atom. The summed E-state index contributed by atoms with van der Waals surface area (Å²) in [6.45, 7) is 5.42. The van der Waals surface area contributed by atoms with Crippen molar-refractivity contribution in [2.45, 2.75) is 84.5 Å². The predicted octanol–water partition coefficient (Wildman–Crippen LogP) is 6.19. The monoisotopic (exact) mass is 317 g/mol. The van der Waals surface area contributed by atoms with Gasteiger partial charge in [-0.05, 0) is 49.7 Å². The molecule has 2 rings (SSSR count). The van der Waals surface area contributed by atoms with Gasteiger partial charge < -0.3 is 4.74 Å². The summed E-state index contributed by atoms with van der Waals surface area (Å²) in [6.07, 6.45) is 16.4. The Bertz CT molecular complexity index is 406. The number of unbranched alkanes of at least 4 members (excludes halogenated alkanes) is 3. The second kappa shape index (κ2) is 10.7. The van der Waals surface area contributed by atoms with Gasteiger partial charge in [0.15, 0.2) is 0 Å². The highest BCUT2D eigenvalue weighted by molar-refractivity contribution is 5.19. The average Bonchev–Trinajstić information content (AvgIpc) is 2.59. The van der Waals surface area contributed by atoms with Crippen LogP contribution in [0.1, 0.15) is 83.7 Å². The van der Waals surface area contributed by atoms with E-state index in [1.807, 2.05) is 6.20 Å². The Hall–Kier alpha value is -1.05. The summed E-state index contributed by atoms with van der Waals surface area (Å²) >= 11 is 0. The highest BCUT2D eigenvalue weighted by atomic mass is 16.5. The van der Waals surface area contributed by atoms with E-state index in [2.05, 4.69) is 31.0 Å². The van der Waals surface area contributed by atoms with Crippen molar-refractivity contribution in [2.24, 2.45) is 11.8 Å². The Morgan fingerprint density at radius 1 is 0.957 bits per heavy atom. The summed E-state index contributed by atoms with van der Waals surface area (Å²) in [5, 5.41) is 0. The van der Waals surface area contributed by atoms with Crippen LogP contribution in [0.3, 0.4) is 0 Å². The van der Waals surface area contributed by atoms with Gasteiger partial charge in [0.2, 0.25) is 0 Å². The highest BCUT2D eigenvalue weighted by Crippen LogP contribution is 2.31. The predicted molar refractivity (Wildman–Crippen MR) is 97.9 cm³/mol. The number of pyridine rings is 1. The molecule has 1 saturated carbocycles. The summed E-state index contributed by atoms with van der Waals surface area (Å²) < 4.78 is 5.98. The quantitative estimate of drug-likeness (QED) is 0.480. The van der Waals surface area contributed by atoms with Gasteiger partial charge in [-0.1, -0.05) is 58.8 Å². The molecule has 1 aliphatic rings. The lowest BCUT2D eigenvalue weighted by Crippen LogP contribution is -2.20. The fraction of sp³-hybridized carbons (Fsp3) is 0.762. The molecule has 1 aromatic rings. The molecule has 0 spiro atoms. The van der Waals surface area contributed by atoms with E-state index in [0.717, 1.165) is 30.6 Å². The number of hydrogen-bond acceptors (Lipinski definition) is 2. The number of hydrogen-bond donors (Lipinski definition) is 0. The SMILES string of the molecule is CCCCCCc1ccc(OCC2CCC(CCC)CC2)cn1. The summed E-state index contributed by atoms with van der Waals surface area (Å²) in [4.78, 5) is 4.55. The van der Waals surface area contributed by atoms with E-state index in [0.29, 0.717) is 0 Å². The molecule has 0 aliphatic heterocycles. The molecule has 0 aromatic carbocycles. The van der Waals surface area contributed by atoms with Gasteiger partial charge in [0.05, 0.1) is 12.8 Å². The number of nitrogens with zero attached hydrogens (tertiary/aromatic N) is 1. The molecular formula is C21H35NO. The highest BCUT2D eigenvalue weighted by Gasteiger charge is 2.20. The van der Waals surface area contributed by atoms with Gasteiger partial charge in [-0.25, -0.2) is 0 Å². The van der Waals surface area contributed by atoms with Gasteiger partial charge in [0, 0.05) is 5.69 Å². The van der Waals surface area contributed by atoms with Crippen LogP contribution < -0.4 is 4.74 Å². The van der Waals surface area contributed by atoms with E-state index < -0.39 is 0 Å². The maximum atomic E-state index is 5.98. The zero-order valence-electron chi connectivity index (χ0n) is 15.2. The van der Waals surface area contributed by atoms with E-state index in [1.54, 1.807) is 0 Å². The molecule has 0 unspecified atom stereocenters. The molecule has 0 atom stereocenters. The normalized spacial score (nSPS) is 21.3. The topological polar surface area (TPSA) is 22.1 Å². The first-order valence-electron chi connectivity index (χ1n) is 9.89. The molecule has 1 aliphatic carbocycles. The zero-order chi connectivity index (χ0) is 16.3. The van der Waals surface area contributed by atoms with Crippen LogP contribution in [-0.4, -0.2) is 11.6 Å². The fourth-order valence-electron chi connectivity index (χ4n) is 3.69. The minimum Gasteiger partial charge on any atom is -0.492 e. The van der Waals surface area contributed by atoms with E-state index in [1.165, 1.54) is 69.9 Å². The third-order valence-corrected chi connectivity index (χ3v) is 5.23. The van der Waals surface area contributed by atoms with Crippen LogP contribution in [0, 0.1) is 11.8 Å². The molecule has 0 amide bonds. The smallest absolute Gasteiger partial charge is 0.137 e. The van der Waals surface area contributed by atoms with Crippen LogP contribution >= 0.6 is 0 Å². The number of rotatable bonds is 10. The van der Waals surface area contributed by atoms with Gasteiger partial charge in [-0.15, -0.1) is 0 Å². The van der Waals surface area contributed by atoms with Crippen molar-refractivity contribution >= 4 is 0 Å². The first kappa shape index (κ1) is 18.3. The van der Waals surface area contributed by atoms with Crippen molar-refractivity contribution in [3.8, 4) is 5.75 Å². The minimum atomic E-state index is 0.747. The summed E-state index contributed by atoms with van der Waals surface area (Å²) in [5.74, 6) is 2.67. The summed E-state index contributed by atoms with van der Waals surface area (Å²) in [5.41, 5.74) is 1.20. The molecular weight excluding hydrogens is 282 g/mol. The standard InChI is InChI=1S/C21H35NO/c1-3-5-6-7-9-20-14-15-21(16-22-20)23-17-19-12-10-18(8-4-2)11-13-19/h14-16,18-19H,3-13,17H2,1-2H3. The third-order valence-electron chi connectivity index (χ3n) is 5.23. The fourth-order valence-corrected chi connectivity index (χ4v) is 3.69. The van der Waals surface area contributed by atoms with Crippen molar-refractivity contribution < 1.29 is 4.74 Å². The lowest BCUT2D eigenvalue weighted by Gasteiger charge is -2.28. The van der Waals surface area contributed by atoms with Gasteiger partial charge in [0.25, 0.3) is 0 Å². The van der Waals surface area contributed by atoms with Gasteiger partial charge in [-0.3, -0.25) is 4.98 Å². The zero-order valence-corrected chi connectivity index (χ0v) is 15.2. The Morgan fingerprint density at radius 2 is 1.74 bits per heavy atom.